The molecule has 1 saturated heterocycles. The quantitative estimate of drug-likeness (QED) is 0.635. The standard InChI is InChI=1S/C14H17N5O4/c20-10-9-17-5-7-18(8-6-17)12-3-4-15-14(16-12)11-1-2-13(23-11)19(21)22/h1-4,20H,5-10H2. The lowest BCUT2D eigenvalue weighted by atomic mass is 10.3. The summed E-state index contributed by atoms with van der Waals surface area (Å²) in [6, 6.07) is 4.60. The van der Waals surface area contributed by atoms with Gasteiger partial charge in [-0.1, -0.05) is 0 Å². The van der Waals surface area contributed by atoms with Crippen molar-refractivity contribution in [3.8, 4) is 11.6 Å². The van der Waals surface area contributed by atoms with Gasteiger partial charge in [-0.3, -0.25) is 15.0 Å². The molecule has 1 N–H and O–H groups in total. The van der Waals surface area contributed by atoms with E-state index in [9.17, 15) is 10.1 Å². The van der Waals surface area contributed by atoms with Crippen LogP contribution >= 0.6 is 0 Å². The largest absolute Gasteiger partial charge is 0.433 e. The minimum Gasteiger partial charge on any atom is -0.397 e. The molecule has 0 unspecified atom stereocenters. The number of furan rings is 1. The van der Waals surface area contributed by atoms with Gasteiger partial charge in [-0.2, -0.15) is 0 Å². The van der Waals surface area contributed by atoms with E-state index < -0.39 is 4.92 Å². The first-order valence-corrected chi connectivity index (χ1v) is 7.33. The molecule has 23 heavy (non-hydrogen) atoms. The number of hydrogen-bond acceptors (Lipinski definition) is 8. The predicted molar refractivity (Wildman–Crippen MR) is 82.1 cm³/mol. The second-order valence-electron chi connectivity index (χ2n) is 5.19. The van der Waals surface area contributed by atoms with Crippen LogP contribution in [-0.4, -0.2) is 64.2 Å². The number of nitro groups is 1. The van der Waals surface area contributed by atoms with Gasteiger partial charge >= 0.3 is 5.88 Å². The van der Waals surface area contributed by atoms with Gasteiger partial charge < -0.3 is 14.4 Å². The third-order valence-electron chi connectivity index (χ3n) is 3.75. The molecule has 9 nitrogen and oxygen atoms in total. The van der Waals surface area contributed by atoms with Crippen molar-refractivity contribution in [2.75, 3.05) is 44.2 Å². The first-order chi connectivity index (χ1) is 11.2. The normalized spacial score (nSPS) is 15.8. The number of rotatable bonds is 5. The monoisotopic (exact) mass is 319 g/mol. The first kappa shape index (κ1) is 15.4. The average molecular weight is 319 g/mol. The highest BCUT2D eigenvalue weighted by Gasteiger charge is 2.19. The Morgan fingerprint density at radius 3 is 2.70 bits per heavy atom. The highest BCUT2D eigenvalue weighted by atomic mass is 16.6. The highest BCUT2D eigenvalue weighted by Crippen LogP contribution is 2.24. The topological polar surface area (TPSA) is 109 Å². The lowest BCUT2D eigenvalue weighted by Crippen LogP contribution is -2.47. The van der Waals surface area contributed by atoms with Crippen LogP contribution in [0, 0.1) is 10.1 Å². The van der Waals surface area contributed by atoms with Gasteiger partial charge in [-0.05, 0) is 12.1 Å². The summed E-state index contributed by atoms with van der Waals surface area (Å²) in [5, 5.41) is 19.7. The minimum absolute atomic E-state index is 0.162. The molecule has 9 heteroatoms. The molecule has 122 valence electrons. The summed E-state index contributed by atoms with van der Waals surface area (Å²) in [5.74, 6) is 1.04. The van der Waals surface area contributed by atoms with Crippen LogP contribution in [0.2, 0.25) is 0 Å². The lowest BCUT2D eigenvalue weighted by Gasteiger charge is -2.35. The van der Waals surface area contributed by atoms with E-state index in [-0.39, 0.29) is 18.3 Å². The number of aliphatic hydroxyl groups excluding tert-OH is 1. The van der Waals surface area contributed by atoms with Crippen molar-refractivity contribution in [3.63, 3.8) is 0 Å². The third-order valence-corrected chi connectivity index (χ3v) is 3.75. The number of aliphatic hydroxyl groups is 1. The van der Waals surface area contributed by atoms with Crippen LogP contribution in [0.1, 0.15) is 0 Å². The van der Waals surface area contributed by atoms with Gasteiger partial charge in [0.25, 0.3) is 0 Å². The first-order valence-electron chi connectivity index (χ1n) is 7.33. The molecular formula is C14H17N5O4. The molecule has 1 fully saturated rings. The zero-order valence-corrected chi connectivity index (χ0v) is 12.5. The Bertz CT molecular complexity index is 681. The summed E-state index contributed by atoms with van der Waals surface area (Å²) in [7, 11) is 0. The van der Waals surface area contributed by atoms with E-state index in [1.165, 1.54) is 12.1 Å². The lowest BCUT2D eigenvalue weighted by molar-refractivity contribution is -0.401. The fraction of sp³-hybridized carbons (Fsp3) is 0.429. The molecule has 0 aliphatic carbocycles. The molecule has 0 aromatic carbocycles. The molecule has 0 amide bonds. The Labute approximate surface area is 132 Å². The van der Waals surface area contributed by atoms with E-state index >= 15 is 0 Å². The average Bonchev–Trinajstić information content (AvgIpc) is 3.06. The zero-order valence-electron chi connectivity index (χ0n) is 12.5. The SMILES string of the molecule is O=[N+]([O-])c1ccc(-c2nccc(N3CCN(CCO)CC3)n2)o1. The van der Waals surface area contributed by atoms with Crippen LogP contribution in [0.3, 0.4) is 0 Å². The number of piperazine rings is 1. The molecule has 3 heterocycles. The van der Waals surface area contributed by atoms with Gasteiger partial charge in [0.2, 0.25) is 0 Å². The summed E-state index contributed by atoms with van der Waals surface area (Å²) < 4.78 is 5.14. The van der Waals surface area contributed by atoms with Gasteiger partial charge in [0.1, 0.15) is 10.7 Å². The third kappa shape index (κ3) is 3.46. The van der Waals surface area contributed by atoms with Gasteiger partial charge in [-0.15, -0.1) is 0 Å². The second kappa shape index (κ2) is 6.71. The van der Waals surface area contributed by atoms with Gasteiger partial charge in [0.05, 0.1) is 12.7 Å². The van der Waals surface area contributed by atoms with Crippen LogP contribution < -0.4 is 4.90 Å². The van der Waals surface area contributed by atoms with Crippen LogP contribution in [0.4, 0.5) is 11.7 Å². The Morgan fingerprint density at radius 1 is 1.26 bits per heavy atom. The van der Waals surface area contributed by atoms with Gasteiger partial charge in [0.15, 0.2) is 11.6 Å². The van der Waals surface area contributed by atoms with E-state index in [2.05, 4.69) is 19.8 Å². The van der Waals surface area contributed by atoms with Crippen molar-refractivity contribution < 1.29 is 14.4 Å². The Hall–Kier alpha value is -2.52. The van der Waals surface area contributed by atoms with Crippen LogP contribution in [0.15, 0.2) is 28.8 Å². The Kier molecular flexibility index (Phi) is 4.49. The molecule has 3 rings (SSSR count). The van der Waals surface area contributed by atoms with Gasteiger partial charge in [-0.25, -0.2) is 9.97 Å². The van der Waals surface area contributed by atoms with E-state index in [1.54, 1.807) is 6.20 Å². The number of aromatic nitrogens is 2. The van der Waals surface area contributed by atoms with E-state index in [0.717, 1.165) is 32.0 Å². The maximum absolute atomic E-state index is 10.7. The van der Waals surface area contributed by atoms with E-state index in [0.29, 0.717) is 12.4 Å². The number of nitrogens with zero attached hydrogens (tertiary/aromatic N) is 5. The number of β-amino-alcohol motifs (C(OH)–C–C–N with tert-alkyl or cyclic N) is 1. The number of hydrogen-bond donors (Lipinski definition) is 1. The summed E-state index contributed by atoms with van der Waals surface area (Å²) in [4.78, 5) is 23.0. The molecule has 2 aromatic heterocycles. The zero-order chi connectivity index (χ0) is 16.2. The van der Waals surface area contributed by atoms with Crippen molar-refractivity contribution in [1.82, 2.24) is 14.9 Å². The van der Waals surface area contributed by atoms with Crippen molar-refractivity contribution in [3.05, 3.63) is 34.5 Å². The van der Waals surface area contributed by atoms with E-state index in [4.69, 9.17) is 9.52 Å². The van der Waals surface area contributed by atoms with Crippen molar-refractivity contribution in [1.29, 1.82) is 0 Å². The molecule has 1 aliphatic heterocycles. The molecule has 0 bridgehead atoms. The minimum atomic E-state index is -0.590. The van der Waals surface area contributed by atoms with E-state index in [1.807, 2.05) is 6.07 Å². The second-order valence-corrected chi connectivity index (χ2v) is 5.19. The summed E-state index contributed by atoms with van der Waals surface area (Å²) in [6.45, 7) is 4.15. The maximum Gasteiger partial charge on any atom is 0.433 e. The summed E-state index contributed by atoms with van der Waals surface area (Å²) in [6.07, 6.45) is 1.62. The van der Waals surface area contributed by atoms with Crippen LogP contribution in [-0.2, 0) is 0 Å². The molecular weight excluding hydrogens is 302 g/mol. The molecule has 0 atom stereocenters. The molecule has 2 aromatic rings. The summed E-state index contributed by atoms with van der Waals surface area (Å²) >= 11 is 0. The summed E-state index contributed by atoms with van der Waals surface area (Å²) in [5.41, 5.74) is 0. The Morgan fingerprint density at radius 2 is 2.04 bits per heavy atom. The van der Waals surface area contributed by atoms with Crippen molar-refractivity contribution >= 4 is 11.7 Å². The number of anilines is 1. The smallest absolute Gasteiger partial charge is 0.397 e. The highest BCUT2D eigenvalue weighted by molar-refractivity contribution is 5.52. The fourth-order valence-corrected chi connectivity index (χ4v) is 2.53. The van der Waals surface area contributed by atoms with Crippen molar-refractivity contribution in [2.24, 2.45) is 0 Å². The van der Waals surface area contributed by atoms with Gasteiger partial charge in [0, 0.05) is 38.9 Å². The fourth-order valence-electron chi connectivity index (χ4n) is 2.53. The molecule has 0 saturated carbocycles. The predicted octanol–water partition coefficient (Wildman–Crippen LogP) is 0.759. The molecule has 0 spiro atoms. The van der Waals surface area contributed by atoms with Crippen LogP contribution in [0.5, 0.6) is 0 Å². The Balaban J connectivity index is 1.74. The van der Waals surface area contributed by atoms with Crippen LogP contribution in [0.25, 0.3) is 11.6 Å². The van der Waals surface area contributed by atoms with Crippen molar-refractivity contribution in [2.45, 2.75) is 0 Å². The molecule has 0 radical (unpaired) electrons. The maximum atomic E-state index is 10.7. The molecule has 1 aliphatic rings.